The van der Waals surface area contributed by atoms with E-state index in [1.165, 1.54) is 38.5 Å². The lowest BCUT2D eigenvalue weighted by molar-refractivity contribution is -0.161. The van der Waals surface area contributed by atoms with E-state index in [1.807, 2.05) is 0 Å². The lowest BCUT2D eigenvalue weighted by atomic mass is 10.1. The van der Waals surface area contributed by atoms with Gasteiger partial charge in [0.2, 0.25) is 0 Å². The third-order valence-electron chi connectivity index (χ3n) is 9.06. The summed E-state index contributed by atoms with van der Waals surface area (Å²) in [5.74, 6) is -1.09. The SMILES string of the molecule is CCCCCC=CCC=CCC=CCC=CCCCCCC(=O)OC(COC(=O)CCCCCCCC=CCC=CCCCCC)COP(=O)(O)OCC(O)COP(=O)(O)O. The number of ether oxygens (including phenoxy) is 2. The number of aliphatic hydroxyl groups excluding tert-OH is 1. The zero-order chi connectivity index (χ0) is 45.1. The van der Waals surface area contributed by atoms with Gasteiger partial charge in [0.1, 0.15) is 12.7 Å². The van der Waals surface area contributed by atoms with Crippen molar-refractivity contribution >= 4 is 27.6 Å². The number of carbonyl (C=O) groups excluding carboxylic acids is 2. The summed E-state index contributed by atoms with van der Waals surface area (Å²) in [4.78, 5) is 52.7. The van der Waals surface area contributed by atoms with E-state index in [2.05, 4.69) is 95.8 Å². The Hall–Kier alpha value is -2.44. The summed E-state index contributed by atoms with van der Waals surface area (Å²) in [7, 11) is -9.69. The summed E-state index contributed by atoms with van der Waals surface area (Å²) in [5, 5.41) is 9.75. The molecule has 3 unspecified atom stereocenters. The predicted molar refractivity (Wildman–Crippen MR) is 244 cm³/mol. The molecule has 0 fully saturated rings. The fourth-order valence-corrected chi connectivity index (χ4v) is 6.75. The Kier molecular flexibility index (Phi) is 39.9. The summed E-state index contributed by atoms with van der Waals surface area (Å²) >= 11 is 0. The number of hydrogen-bond acceptors (Lipinski definition) is 10. The first-order chi connectivity index (χ1) is 29.4. The molecule has 0 aliphatic carbocycles. The van der Waals surface area contributed by atoms with Gasteiger partial charge in [0.15, 0.2) is 6.10 Å². The molecule has 0 aromatic rings. The molecule has 0 aromatic heterocycles. The topological polar surface area (TPSA) is 195 Å². The summed E-state index contributed by atoms with van der Waals surface area (Å²) in [6, 6.07) is 0. The molecule has 61 heavy (non-hydrogen) atoms. The minimum absolute atomic E-state index is 0.0874. The van der Waals surface area contributed by atoms with Crippen molar-refractivity contribution in [2.24, 2.45) is 0 Å². The van der Waals surface area contributed by atoms with Gasteiger partial charge in [0.25, 0.3) is 0 Å². The van der Waals surface area contributed by atoms with Crippen molar-refractivity contribution in [2.45, 2.75) is 180 Å². The quantitative estimate of drug-likeness (QED) is 0.0196. The zero-order valence-corrected chi connectivity index (χ0v) is 39.0. The average molecular weight is 903 g/mol. The van der Waals surface area contributed by atoms with E-state index in [-0.39, 0.29) is 12.8 Å². The molecule has 0 amide bonds. The zero-order valence-electron chi connectivity index (χ0n) is 37.2. The van der Waals surface area contributed by atoms with Gasteiger partial charge in [-0.3, -0.25) is 23.2 Å². The summed E-state index contributed by atoms with van der Waals surface area (Å²) in [5.41, 5.74) is 0. The average Bonchev–Trinajstić information content (AvgIpc) is 3.22. The molecule has 0 aliphatic heterocycles. The number of esters is 2. The van der Waals surface area contributed by atoms with Crippen LogP contribution in [0, 0.1) is 0 Å². The number of phosphoric ester groups is 2. The Morgan fingerprint density at radius 3 is 1.33 bits per heavy atom. The third-order valence-corrected chi connectivity index (χ3v) is 10.5. The Labute approximate surface area is 367 Å². The van der Waals surface area contributed by atoms with Crippen LogP contribution < -0.4 is 0 Å². The molecular weight excluding hydrogens is 822 g/mol. The van der Waals surface area contributed by atoms with Gasteiger partial charge in [0, 0.05) is 12.8 Å². The number of hydrogen-bond donors (Lipinski definition) is 4. The van der Waals surface area contributed by atoms with Crippen molar-refractivity contribution in [1.82, 2.24) is 0 Å². The molecule has 4 N–H and O–H groups in total. The van der Waals surface area contributed by atoms with E-state index in [0.717, 1.165) is 89.9 Å². The first kappa shape index (κ1) is 58.6. The number of phosphoric acid groups is 2. The third kappa shape index (κ3) is 45.4. The highest BCUT2D eigenvalue weighted by Gasteiger charge is 2.28. The van der Waals surface area contributed by atoms with Crippen LogP contribution in [0.25, 0.3) is 0 Å². The van der Waals surface area contributed by atoms with Crippen LogP contribution in [0.3, 0.4) is 0 Å². The van der Waals surface area contributed by atoms with E-state index in [0.29, 0.717) is 12.8 Å². The van der Waals surface area contributed by atoms with Crippen molar-refractivity contribution < 1.29 is 61.6 Å². The van der Waals surface area contributed by atoms with Crippen molar-refractivity contribution in [3.8, 4) is 0 Å². The highest BCUT2D eigenvalue weighted by Crippen LogP contribution is 2.43. The van der Waals surface area contributed by atoms with Crippen LogP contribution in [0.1, 0.15) is 168 Å². The Bertz CT molecular complexity index is 1350. The van der Waals surface area contributed by atoms with Crippen molar-refractivity contribution in [1.29, 1.82) is 0 Å². The lowest BCUT2D eigenvalue weighted by Crippen LogP contribution is -2.30. The maximum absolute atomic E-state index is 12.7. The molecule has 3 atom stereocenters. The van der Waals surface area contributed by atoms with Gasteiger partial charge in [0.05, 0.1) is 19.8 Å². The van der Waals surface area contributed by atoms with Gasteiger partial charge in [-0.15, -0.1) is 0 Å². The molecule has 0 bridgehead atoms. The maximum atomic E-state index is 12.7. The van der Waals surface area contributed by atoms with Crippen LogP contribution in [0.5, 0.6) is 0 Å². The fourth-order valence-electron chi connectivity index (χ4n) is 5.60. The molecule has 0 heterocycles. The van der Waals surface area contributed by atoms with Gasteiger partial charge < -0.3 is 29.3 Å². The van der Waals surface area contributed by atoms with E-state index in [4.69, 9.17) is 23.8 Å². The van der Waals surface area contributed by atoms with Gasteiger partial charge in [-0.2, -0.15) is 0 Å². The summed E-state index contributed by atoms with van der Waals surface area (Å²) in [6.45, 7) is 1.65. The molecule has 0 aliphatic rings. The van der Waals surface area contributed by atoms with E-state index < -0.39 is 66.2 Å². The highest BCUT2D eigenvalue weighted by atomic mass is 31.2. The Balaban J connectivity index is 4.60. The highest BCUT2D eigenvalue weighted by molar-refractivity contribution is 7.47. The number of rotatable bonds is 42. The van der Waals surface area contributed by atoms with Crippen LogP contribution in [0.15, 0.2) is 72.9 Å². The molecule has 0 radical (unpaired) electrons. The second-order valence-electron chi connectivity index (χ2n) is 15.0. The first-order valence-corrected chi connectivity index (χ1v) is 25.7. The standard InChI is InChI=1S/C46H80O13P2/c1-3-5-7-9-11-13-15-17-19-20-21-22-24-26-28-30-32-34-36-38-46(49)59-44(42-58-61(53,54)57-40-43(47)39-56-60(50,51)52)41-55-45(48)37-35-33-31-29-27-25-23-18-16-14-12-10-8-6-4-2/h11-14,17-19,21-23,26,28,43-44,47H,3-10,15-16,20,24-25,27,29-42H2,1-2H3,(H,53,54)(H2,50,51,52). The Morgan fingerprint density at radius 2 is 0.852 bits per heavy atom. The normalized spacial score (nSPS) is 14.7. The van der Waals surface area contributed by atoms with E-state index in [1.54, 1.807) is 0 Å². The van der Waals surface area contributed by atoms with Crippen molar-refractivity contribution in [3.63, 3.8) is 0 Å². The predicted octanol–water partition coefficient (Wildman–Crippen LogP) is 11.8. The van der Waals surface area contributed by atoms with Crippen LogP contribution >= 0.6 is 15.6 Å². The minimum Gasteiger partial charge on any atom is -0.462 e. The number of allylic oxidation sites excluding steroid dienone is 12. The van der Waals surface area contributed by atoms with Gasteiger partial charge in [-0.1, -0.05) is 138 Å². The number of aliphatic hydroxyl groups is 1. The van der Waals surface area contributed by atoms with Gasteiger partial charge in [-0.05, 0) is 89.9 Å². The molecule has 0 aromatic carbocycles. The maximum Gasteiger partial charge on any atom is 0.472 e. The van der Waals surface area contributed by atoms with E-state index >= 15 is 0 Å². The number of carbonyl (C=O) groups is 2. The molecule has 0 saturated heterocycles. The van der Waals surface area contributed by atoms with Crippen LogP contribution in [0.2, 0.25) is 0 Å². The summed E-state index contributed by atoms with van der Waals surface area (Å²) in [6.07, 6.45) is 46.0. The second kappa shape index (κ2) is 41.6. The molecule has 13 nitrogen and oxygen atoms in total. The molecular formula is C46H80O13P2. The molecule has 352 valence electrons. The largest absolute Gasteiger partial charge is 0.472 e. The lowest BCUT2D eigenvalue weighted by Gasteiger charge is -2.20. The number of unbranched alkanes of at least 4 members (excludes halogenated alkanes) is 14. The van der Waals surface area contributed by atoms with Crippen LogP contribution in [0.4, 0.5) is 0 Å². The molecule has 0 saturated carbocycles. The van der Waals surface area contributed by atoms with Crippen molar-refractivity contribution in [3.05, 3.63) is 72.9 Å². The molecule has 15 heteroatoms. The van der Waals surface area contributed by atoms with Gasteiger partial charge in [-0.25, -0.2) is 9.13 Å². The van der Waals surface area contributed by atoms with Crippen LogP contribution in [-0.4, -0.2) is 70.4 Å². The summed E-state index contributed by atoms with van der Waals surface area (Å²) < 4.78 is 47.8. The second-order valence-corrected chi connectivity index (χ2v) is 17.7. The Morgan fingerprint density at radius 1 is 0.475 bits per heavy atom. The van der Waals surface area contributed by atoms with Gasteiger partial charge >= 0.3 is 27.6 Å². The van der Waals surface area contributed by atoms with E-state index in [9.17, 15) is 28.7 Å². The molecule has 0 spiro atoms. The van der Waals surface area contributed by atoms with Crippen LogP contribution in [-0.2, 0) is 41.8 Å². The fraction of sp³-hybridized carbons (Fsp3) is 0.696. The monoisotopic (exact) mass is 903 g/mol. The first-order valence-electron chi connectivity index (χ1n) is 22.6. The van der Waals surface area contributed by atoms with Crippen molar-refractivity contribution in [2.75, 3.05) is 26.4 Å². The minimum atomic E-state index is -4.87. The smallest absolute Gasteiger partial charge is 0.462 e. The molecule has 0 rings (SSSR count).